The Kier molecular flexibility index (Phi) is 5.66. The SMILES string of the molecule is CNc1nc(Nc2ccc(C(=O)NC(C)C)c3c2OCCO3)ncc1C(F)(F)F. The van der Waals surface area contributed by atoms with E-state index in [-0.39, 0.29) is 48.4 Å². The maximum Gasteiger partial charge on any atom is 0.421 e. The molecule has 0 atom stereocenters. The molecule has 1 aromatic heterocycles. The Hall–Kier alpha value is -3.24. The van der Waals surface area contributed by atoms with Crippen LogP contribution in [0.4, 0.5) is 30.6 Å². The Morgan fingerprint density at radius 3 is 2.48 bits per heavy atom. The molecule has 0 saturated heterocycles. The normalized spacial score (nSPS) is 13.2. The third kappa shape index (κ3) is 4.44. The monoisotopic (exact) mass is 411 g/mol. The van der Waals surface area contributed by atoms with Gasteiger partial charge in [0.25, 0.3) is 5.91 Å². The van der Waals surface area contributed by atoms with E-state index in [1.165, 1.54) is 13.1 Å². The summed E-state index contributed by atoms with van der Waals surface area (Å²) in [6.07, 6.45) is -3.90. The number of carbonyl (C=O) groups excluding carboxylic acids is 1. The van der Waals surface area contributed by atoms with Crippen LogP contribution in [0.2, 0.25) is 0 Å². The van der Waals surface area contributed by atoms with Gasteiger partial charge in [-0.05, 0) is 26.0 Å². The Morgan fingerprint density at radius 2 is 1.86 bits per heavy atom. The van der Waals surface area contributed by atoms with Crippen molar-refractivity contribution in [1.82, 2.24) is 15.3 Å². The molecule has 0 aliphatic carbocycles. The average Bonchev–Trinajstić information content (AvgIpc) is 2.66. The summed E-state index contributed by atoms with van der Waals surface area (Å²) in [4.78, 5) is 20.0. The lowest BCUT2D eigenvalue weighted by Crippen LogP contribution is -2.31. The lowest BCUT2D eigenvalue weighted by molar-refractivity contribution is -0.137. The van der Waals surface area contributed by atoms with Gasteiger partial charge in [-0.2, -0.15) is 18.2 Å². The maximum absolute atomic E-state index is 13.0. The molecule has 1 aliphatic heterocycles. The van der Waals surface area contributed by atoms with Crippen molar-refractivity contribution in [3.63, 3.8) is 0 Å². The van der Waals surface area contributed by atoms with Crippen LogP contribution in [0.25, 0.3) is 0 Å². The van der Waals surface area contributed by atoms with E-state index in [0.717, 1.165) is 0 Å². The van der Waals surface area contributed by atoms with Gasteiger partial charge in [0.15, 0.2) is 11.5 Å². The first-order valence-electron chi connectivity index (χ1n) is 8.83. The summed E-state index contributed by atoms with van der Waals surface area (Å²) < 4.78 is 50.3. The van der Waals surface area contributed by atoms with Crippen molar-refractivity contribution in [1.29, 1.82) is 0 Å². The van der Waals surface area contributed by atoms with E-state index in [9.17, 15) is 18.0 Å². The average molecular weight is 411 g/mol. The first kappa shape index (κ1) is 20.5. The van der Waals surface area contributed by atoms with Gasteiger partial charge in [0.05, 0.1) is 11.3 Å². The third-order valence-corrected chi connectivity index (χ3v) is 3.93. The molecule has 0 fully saturated rings. The van der Waals surface area contributed by atoms with E-state index in [2.05, 4.69) is 25.9 Å². The summed E-state index contributed by atoms with van der Waals surface area (Å²) in [6.45, 7) is 4.18. The molecule has 1 aliphatic rings. The van der Waals surface area contributed by atoms with Crippen molar-refractivity contribution >= 4 is 23.4 Å². The predicted molar refractivity (Wildman–Crippen MR) is 99.9 cm³/mol. The lowest BCUT2D eigenvalue weighted by Gasteiger charge is -2.24. The molecule has 2 heterocycles. The minimum Gasteiger partial charge on any atom is -0.485 e. The molecule has 0 saturated carbocycles. The second-order valence-corrected chi connectivity index (χ2v) is 6.47. The minimum absolute atomic E-state index is 0.0685. The zero-order valence-electron chi connectivity index (χ0n) is 16.0. The Labute approximate surface area is 164 Å². The molecule has 3 N–H and O–H groups in total. The van der Waals surface area contributed by atoms with Gasteiger partial charge in [-0.1, -0.05) is 0 Å². The van der Waals surface area contributed by atoms with E-state index >= 15 is 0 Å². The fraction of sp³-hybridized carbons (Fsp3) is 0.389. The molecule has 3 rings (SSSR count). The van der Waals surface area contributed by atoms with Crippen molar-refractivity contribution in [3.8, 4) is 11.5 Å². The summed E-state index contributed by atoms with van der Waals surface area (Å²) in [5.41, 5.74) is -0.321. The molecule has 156 valence electrons. The largest absolute Gasteiger partial charge is 0.485 e. The number of carbonyl (C=O) groups is 1. The van der Waals surface area contributed by atoms with Gasteiger partial charge >= 0.3 is 6.18 Å². The number of rotatable bonds is 5. The number of nitrogens with one attached hydrogen (secondary N) is 3. The first-order valence-corrected chi connectivity index (χ1v) is 8.83. The number of fused-ring (bicyclic) bond motifs is 1. The summed E-state index contributed by atoms with van der Waals surface area (Å²) in [6, 6.07) is 3.03. The predicted octanol–water partition coefficient (Wildman–Crippen LogP) is 3.19. The fourth-order valence-electron chi connectivity index (χ4n) is 2.71. The summed E-state index contributed by atoms with van der Waals surface area (Å²) in [5, 5.41) is 8.02. The number of ether oxygens (including phenoxy) is 2. The second-order valence-electron chi connectivity index (χ2n) is 6.47. The highest BCUT2D eigenvalue weighted by molar-refractivity contribution is 5.99. The topological polar surface area (TPSA) is 97.4 Å². The number of hydrogen-bond donors (Lipinski definition) is 3. The minimum atomic E-state index is -4.58. The summed E-state index contributed by atoms with van der Waals surface area (Å²) in [5.74, 6) is -0.245. The zero-order chi connectivity index (χ0) is 21.2. The van der Waals surface area contributed by atoms with Crippen molar-refractivity contribution < 1.29 is 27.4 Å². The molecule has 0 spiro atoms. The van der Waals surface area contributed by atoms with Gasteiger partial charge < -0.3 is 25.4 Å². The highest BCUT2D eigenvalue weighted by atomic mass is 19.4. The van der Waals surface area contributed by atoms with E-state index in [1.807, 2.05) is 13.8 Å². The highest BCUT2D eigenvalue weighted by Gasteiger charge is 2.35. The van der Waals surface area contributed by atoms with Crippen molar-refractivity contribution in [2.24, 2.45) is 0 Å². The molecule has 29 heavy (non-hydrogen) atoms. The molecule has 2 aromatic rings. The highest BCUT2D eigenvalue weighted by Crippen LogP contribution is 2.42. The van der Waals surface area contributed by atoms with Gasteiger partial charge in [-0.15, -0.1) is 0 Å². The van der Waals surface area contributed by atoms with Crippen LogP contribution in [0.1, 0.15) is 29.8 Å². The van der Waals surface area contributed by atoms with E-state index < -0.39 is 11.7 Å². The number of benzene rings is 1. The van der Waals surface area contributed by atoms with Gasteiger partial charge in [-0.3, -0.25) is 4.79 Å². The molecule has 0 bridgehead atoms. The van der Waals surface area contributed by atoms with Crippen LogP contribution in [-0.4, -0.2) is 42.2 Å². The van der Waals surface area contributed by atoms with Gasteiger partial charge in [0, 0.05) is 19.3 Å². The summed E-state index contributed by atoms with van der Waals surface area (Å²) >= 11 is 0. The first-order chi connectivity index (χ1) is 13.7. The van der Waals surface area contributed by atoms with Gasteiger partial charge in [-0.25, -0.2) is 4.98 Å². The molecule has 0 unspecified atom stereocenters. The number of anilines is 3. The van der Waals surface area contributed by atoms with E-state index in [4.69, 9.17) is 9.47 Å². The van der Waals surface area contributed by atoms with Crippen molar-refractivity contribution in [2.45, 2.75) is 26.1 Å². The Balaban J connectivity index is 1.95. The molecule has 8 nitrogen and oxygen atoms in total. The van der Waals surface area contributed by atoms with E-state index in [1.54, 1.807) is 6.07 Å². The smallest absolute Gasteiger partial charge is 0.421 e. The number of aromatic nitrogens is 2. The van der Waals surface area contributed by atoms with Crippen LogP contribution < -0.4 is 25.4 Å². The van der Waals surface area contributed by atoms with Crippen LogP contribution in [0.3, 0.4) is 0 Å². The van der Waals surface area contributed by atoms with Crippen LogP contribution in [0, 0.1) is 0 Å². The maximum atomic E-state index is 13.0. The summed E-state index contributed by atoms with van der Waals surface area (Å²) in [7, 11) is 1.34. The molecule has 0 radical (unpaired) electrons. The number of halogens is 3. The zero-order valence-corrected chi connectivity index (χ0v) is 16.0. The van der Waals surface area contributed by atoms with Gasteiger partial charge in [0.1, 0.15) is 24.6 Å². The van der Waals surface area contributed by atoms with Crippen molar-refractivity contribution in [2.75, 3.05) is 30.9 Å². The van der Waals surface area contributed by atoms with Crippen molar-refractivity contribution in [3.05, 3.63) is 29.5 Å². The molecule has 1 amide bonds. The lowest BCUT2D eigenvalue weighted by atomic mass is 10.1. The Morgan fingerprint density at radius 1 is 1.17 bits per heavy atom. The Bertz CT molecular complexity index is 918. The number of nitrogens with zero attached hydrogens (tertiary/aromatic N) is 2. The van der Waals surface area contributed by atoms with Crippen LogP contribution in [0.5, 0.6) is 11.5 Å². The second kappa shape index (κ2) is 8.02. The third-order valence-electron chi connectivity index (χ3n) is 3.93. The van der Waals surface area contributed by atoms with Crippen LogP contribution in [0.15, 0.2) is 18.3 Å². The van der Waals surface area contributed by atoms with Gasteiger partial charge in [0.2, 0.25) is 5.95 Å². The number of alkyl halides is 3. The number of amides is 1. The molecular formula is C18H20F3N5O3. The van der Waals surface area contributed by atoms with E-state index in [0.29, 0.717) is 17.4 Å². The van der Waals surface area contributed by atoms with Crippen LogP contribution in [-0.2, 0) is 6.18 Å². The molecular weight excluding hydrogens is 391 g/mol. The molecule has 1 aromatic carbocycles. The number of hydrogen-bond acceptors (Lipinski definition) is 7. The fourth-order valence-corrected chi connectivity index (χ4v) is 2.71. The van der Waals surface area contributed by atoms with Crippen LogP contribution >= 0.6 is 0 Å². The quantitative estimate of drug-likeness (QED) is 0.695. The molecule has 11 heteroatoms. The standard InChI is InChI=1S/C18H20F3N5O3/c1-9(2)24-16(27)10-4-5-12(14-13(10)28-6-7-29-14)25-17-23-8-11(18(19,20)21)15(22-3)26-17/h4-5,8-9H,6-7H2,1-3H3,(H,24,27)(H2,22,23,25,26).